The molecule has 1 heterocycles. The Kier molecular flexibility index (Phi) is 5.59. The number of amides is 1. The summed E-state index contributed by atoms with van der Waals surface area (Å²) < 4.78 is 0. The molecule has 0 spiro atoms. The number of carboxylic acids is 1. The van der Waals surface area contributed by atoms with Crippen molar-refractivity contribution in [1.82, 2.24) is 10.6 Å². The third kappa shape index (κ3) is 4.64. The van der Waals surface area contributed by atoms with Crippen molar-refractivity contribution in [3.8, 4) is 0 Å². The van der Waals surface area contributed by atoms with E-state index in [2.05, 4.69) is 10.6 Å². The molecule has 5 nitrogen and oxygen atoms in total. The zero-order valence-electron chi connectivity index (χ0n) is 11.3. The van der Waals surface area contributed by atoms with E-state index in [0.29, 0.717) is 18.9 Å². The van der Waals surface area contributed by atoms with Crippen LogP contribution in [-0.2, 0) is 9.59 Å². The van der Waals surface area contributed by atoms with Gasteiger partial charge in [-0.3, -0.25) is 9.59 Å². The average Bonchev–Trinajstić information content (AvgIpc) is 2.74. The van der Waals surface area contributed by atoms with Crippen molar-refractivity contribution in [1.29, 1.82) is 0 Å². The largest absolute Gasteiger partial charge is 0.481 e. The minimum Gasteiger partial charge on any atom is -0.481 e. The summed E-state index contributed by atoms with van der Waals surface area (Å²) in [6, 6.07) is 0. The third-order valence-electron chi connectivity index (χ3n) is 3.69. The summed E-state index contributed by atoms with van der Waals surface area (Å²) in [4.78, 5) is 22.4. The maximum Gasteiger partial charge on any atom is 0.303 e. The highest BCUT2D eigenvalue weighted by Gasteiger charge is 2.35. The van der Waals surface area contributed by atoms with Gasteiger partial charge in [-0.2, -0.15) is 0 Å². The average molecular weight is 256 g/mol. The summed E-state index contributed by atoms with van der Waals surface area (Å²) in [6.45, 7) is 6.28. The van der Waals surface area contributed by atoms with Crippen molar-refractivity contribution in [2.24, 2.45) is 11.3 Å². The number of carbonyl (C=O) groups is 2. The molecule has 1 rings (SSSR count). The lowest BCUT2D eigenvalue weighted by molar-refractivity contribution is -0.137. The number of rotatable bonds is 7. The Morgan fingerprint density at radius 3 is 2.72 bits per heavy atom. The lowest BCUT2D eigenvalue weighted by Gasteiger charge is -2.22. The second-order valence-corrected chi connectivity index (χ2v) is 5.57. The molecule has 2 unspecified atom stereocenters. The first kappa shape index (κ1) is 15.0. The lowest BCUT2D eigenvalue weighted by Crippen LogP contribution is -2.41. The van der Waals surface area contributed by atoms with E-state index < -0.39 is 5.97 Å². The maximum absolute atomic E-state index is 12.0. The molecule has 1 fully saturated rings. The van der Waals surface area contributed by atoms with Gasteiger partial charge in [0.1, 0.15) is 0 Å². The molecule has 0 radical (unpaired) electrons. The van der Waals surface area contributed by atoms with E-state index in [1.165, 1.54) is 0 Å². The highest BCUT2D eigenvalue weighted by Crippen LogP contribution is 2.24. The molecule has 0 bridgehead atoms. The SMILES string of the molecule is CC(CCNC(=O)C1(C)CCNC1)CCC(=O)O. The van der Waals surface area contributed by atoms with Gasteiger partial charge in [0, 0.05) is 19.5 Å². The Bertz CT molecular complexity index is 299. The van der Waals surface area contributed by atoms with Crippen LogP contribution in [0.4, 0.5) is 0 Å². The van der Waals surface area contributed by atoms with Crippen molar-refractivity contribution in [3.63, 3.8) is 0 Å². The van der Waals surface area contributed by atoms with E-state index in [0.717, 1.165) is 25.9 Å². The van der Waals surface area contributed by atoms with Gasteiger partial charge in [-0.1, -0.05) is 6.92 Å². The maximum atomic E-state index is 12.0. The van der Waals surface area contributed by atoms with Crippen molar-refractivity contribution in [2.45, 2.75) is 39.5 Å². The van der Waals surface area contributed by atoms with Gasteiger partial charge in [-0.05, 0) is 38.6 Å². The van der Waals surface area contributed by atoms with E-state index in [1.54, 1.807) is 0 Å². The Labute approximate surface area is 108 Å². The molecule has 104 valence electrons. The number of nitrogens with one attached hydrogen (secondary N) is 2. The summed E-state index contributed by atoms with van der Waals surface area (Å²) >= 11 is 0. The van der Waals surface area contributed by atoms with Gasteiger partial charge >= 0.3 is 5.97 Å². The summed E-state index contributed by atoms with van der Waals surface area (Å²) in [6.07, 6.45) is 2.59. The molecule has 1 amide bonds. The number of hydrogen-bond donors (Lipinski definition) is 3. The molecule has 0 aromatic rings. The summed E-state index contributed by atoms with van der Waals surface area (Å²) in [5.41, 5.74) is -0.274. The lowest BCUT2D eigenvalue weighted by atomic mass is 9.88. The molecule has 18 heavy (non-hydrogen) atoms. The number of hydrogen-bond acceptors (Lipinski definition) is 3. The van der Waals surface area contributed by atoms with Crippen LogP contribution in [0.25, 0.3) is 0 Å². The van der Waals surface area contributed by atoms with Crippen LogP contribution in [0.2, 0.25) is 0 Å². The normalized spacial score (nSPS) is 24.8. The molecule has 2 atom stereocenters. The van der Waals surface area contributed by atoms with Crippen molar-refractivity contribution >= 4 is 11.9 Å². The van der Waals surface area contributed by atoms with Gasteiger partial charge < -0.3 is 15.7 Å². The van der Waals surface area contributed by atoms with Gasteiger partial charge in [-0.15, -0.1) is 0 Å². The fraction of sp³-hybridized carbons (Fsp3) is 0.846. The van der Waals surface area contributed by atoms with Crippen LogP contribution in [0.5, 0.6) is 0 Å². The predicted octanol–water partition coefficient (Wildman–Crippen LogP) is 0.993. The Morgan fingerprint density at radius 2 is 2.17 bits per heavy atom. The van der Waals surface area contributed by atoms with E-state index in [1.807, 2.05) is 13.8 Å². The van der Waals surface area contributed by atoms with Crippen LogP contribution in [-0.4, -0.2) is 36.6 Å². The van der Waals surface area contributed by atoms with E-state index in [9.17, 15) is 9.59 Å². The van der Waals surface area contributed by atoms with Gasteiger partial charge in [0.2, 0.25) is 5.91 Å². The number of carboxylic acid groups (broad SMARTS) is 1. The standard InChI is InChI=1S/C13H24N2O3/c1-10(3-4-11(16)17)5-7-15-12(18)13(2)6-8-14-9-13/h10,14H,3-9H2,1-2H3,(H,15,18)(H,16,17). The minimum absolute atomic E-state index is 0.109. The molecular weight excluding hydrogens is 232 g/mol. The van der Waals surface area contributed by atoms with Gasteiger partial charge in [0.25, 0.3) is 0 Å². The quantitative estimate of drug-likeness (QED) is 0.635. The third-order valence-corrected chi connectivity index (χ3v) is 3.69. The monoisotopic (exact) mass is 256 g/mol. The number of aliphatic carboxylic acids is 1. The number of carbonyl (C=O) groups excluding carboxylic acids is 1. The van der Waals surface area contributed by atoms with Crippen LogP contribution >= 0.6 is 0 Å². The summed E-state index contributed by atoms with van der Waals surface area (Å²) in [5, 5.41) is 14.7. The topological polar surface area (TPSA) is 78.4 Å². The molecular formula is C13H24N2O3. The van der Waals surface area contributed by atoms with Crippen molar-refractivity contribution < 1.29 is 14.7 Å². The Balaban J connectivity index is 2.17. The van der Waals surface area contributed by atoms with Gasteiger partial charge in [0.05, 0.1) is 5.41 Å². The van der Waals surface area contributed by atoms with Crippen LogP contribution < -0.4 is 10.6 Å². The van der Waals surface area contributed by atoms with Gasteiger partial charge in [0.15, 0.2) is 0 Å². The molecule has 1 saturated heterocycles. The van der Waals surface area contributed by atoms with Crippen LogP contribution in [0.3, 0.4) is 0 Å². The van der Waals surface area contributed by atoms with E-state index in [-0.39, 0.29) is 17.7 Å². The highest BCUT2D eigenvalue weighted by atomic mass is 16.4. The fourth-order valence-corrected chi connectivity index (χ4v) is 2.17. The second-order valence-electron chi connectivity index (χ2n) is 5.57. The molecule has 0 aromatic heterocycles. The first-order valence-electron chi connectivity index (χ1n) is 6.65. The molecule has 0 aromatic carbocycles. The molecule has 1 aliphatic rings. The smallest absolute Gasteiger partial charge is 0.303 e. The van der Waals surface area contributed by atoms with E-state index in [4.69, 9.17) is 5.11 Å². The highest BCUT2D eigenvalue weighted by molar-refractivity contribution is 5.82. The minimum atomic E-state index is -0.754. The van der Waals surface area contributed by atoms with Crippen LogP contribution in [0, 0.1) is 11.3 Å². The van der Waals surface area contributed by atoms with E-state index >= 15 is 0 Å². The Hall–Kier alpha value is -1.10. The summed E-state index contributed by atoms with van der Waals surface area (Å²) in [7, 11) is 0. The summed E-state index contributed by atoms with van der Waals surface area (Å²) in [5.74, 6) is -0.315. The van der Waals surface area contributed by atoms with Crippen molar-refractivity contribution in [3.05, 3.63) is 0 Å². The first-order valence-corrected chi connectivity index (χ1v) is 6.65. The molecule has 1 aliphatic heterocycles. The Morgan fingerprint density at radius 1 is 1.44 bits per heavy atom. The van der Waals surface area contributed by atoms with Crippen LogP contribution in [0.1, 0.15) is 39.5 Å². The zero-order chi connectivity index (χ0) is 13.6. The molecule has 0 saturated carbocycles. The predicted molar refractivity (Wildman–Crippen MR) is 69.3 cm³/mol. The zero-order valence-corrected chi connectivity index (χ0v) is 11.3. The van der Waals surface area contributed by atoms with Gasteiger partial charge in [-0.25, -0.2) is 0 Å². The fourth-order valence-electron chi connectivity index (χ4n) is 2.17. The second kappa shape index (κ2) is 6.73. The van der Waals surface area contributed by atoms with Crippen molar-refractivity contribution in [2.75, 3.05) is 19.6 Å². The molecule has 0 aliphatic carbocycles. The molecule has 3 N–H and O–H groups in total. The molecule has 5 heteroatoms. The first-order chi connectivity index (χ1) is 8.44. The van der Waals surface area contributed by atoms with Crippen LogP contribution in [0.15, 0.2) is 0 Å².